The molecule has 0 unspecified atom stereocenters. The molecule has 1 aliphatic heterocycles. The van der Waals surface area contributed by atoms with Gasteiger partial charge in [-0.3, -0.25) is 4.79 Å². The van der Waals surface area contributed by atoms with Gasteiger partial charge in [-0.1, -0.05) is 55.3 Å². The van der Waals surface area contributed by atoms with Gasteiger partial charge in [-0.05, 0) is 49.1 Å². The Morgan fingerprint density at radius 1 is 0.833 bits per heavy atom. The summed E-state index contributed by atoms with van der Waals surface area (Å²) in [5.41, 5.74) is 3.80. The number of carbonyl (C=O) groups is 1. The van der Waals surface area contributed by atoms with Crippen LogP contribution in [0.2, 0.25) is 0 Å². The molecule has 30 heavy (non-hydrogen) atoms. The highest BCUT2D eigenvalue weighted by atomic mass is 16.1. The third-order valence-electron chi connectivity index (χ3n) is 5.53. The Kier molecular flexibility index (Phi) is 6.70. The van der Waals surface area contributed by atoms with E-state index in [9.17, 15) is 4.79 Å². The maximum absolute atomic E-state index is 12.2. The van der Waals surface area contributed by atoms with Crippen LogP contribution in [0, 0.1) is 0 Å². The molecule has 1 aromatic heterocycles. The molecule has 0 radical (unpaired) electrons. The molecule has 5 nitrogen and oxygen atoms in total. The average Bonchev–Trinajstić information content (AvgIpc) is 3.09. The molecule has 1 aliphatic rings. The van der Waals surface area contributed by atoms with Crippen molar-refractivity contribution >= 4 is 17.4 Å². The van der Waals surface area contributed by atoms with Gasteiger partial charge in [0.1, 0.15) is 0 Å². The SMILES string of the molecule is O=C(CCc1ccccc1)Nc1ccc(-c2ccc(N3CCCCCC3)nn2)cc1. The lowest BCUT2D eigenvalue weighted by Crippen LogP contribution is -2.25. The number of nitrogens with one attached hydrogen (secondary N) is 1. The molecule has 0 spiro atoms. The van der Waals surface area contributed by atoms with E-state index >= 15 is 0 Å². The lowest BCUT2D eigenvalue weighted by atomic mass is 10.1. The van der Waals surface area contributed by atoms with Crippen molar-refractivity contribution in [2.75, 3.05) is 23.3 Å². The molecular weight excluding hydrogens is 372 g/mol. The Bertz CT molecular complexity index is 931. The predicted octanol–water partition coefficient (Wildman–Crippen LogP) is 5.10. The summed E-state index contributed by atoms with van der Waals surface area (Å²) in [6.07, 6.45) is 6.26. The van der Waals surface area contributed by atoms with E-state index in [1.807, 2.05) is 60.7 Å². The van der Waals surface area contributed by atoms with Gasteiger partial charge in [-0.25, -0.2) is 0 Å². The second-order valence-electron chi connectivity index (χ2n) is 7.79. The molecule has 1 N–H and O–H groups in total. The minimum absolute atomic E-state index is 0.0215. The van der Waals surface area contributed by atoms with E-state index in [0.29, 0.717) is 6.42 Å². The van der Waals surface area contributed by atoms with Crippen LogP contribution in [0.5, 0.6) is 0 Å². The summed E-state index contributed by atoms with van der Waals surface area (Å²) in [5.74, 6) is 0.983. The molecule has 5 heteroatoms. The van der Waals surface area contributed by atoms with Crippen LogP contribution in [-0.2, 0) is 11.2 Å². The standard InChI is InChI=1S/C25H28N4O/c30-25(17-10-20-8-4-3-5-9-20)26-22-13-11-21(12-14-22)23-15-16-24(28-27-23)29-18-6-1-2-7-19-29/h3-5,8-9,11-16H,1-2,6-7,10,17-19H2,(H,26,30). The zero-order chi connectivity index (χ0) is 20.6. The minimum Gasteiger partial charge on any atom is -0.355 e. The van der Waals surface area contributed by atoms with Crippen molar-refractivity contribution < 1.29 is 4.79 Å². The van der Waals surface area contributed by atoms with Crippen molar-refractivity contribution in [2.45, 2.75) is 38.5 Å². The van der Waals surface area contributed by atoms with Gasteiger partial charge in [0.05, 0.1) is 5.69 Å². The molecule has 0 aliphatic carbocycles. The molecular formula is C25H28N4O. The first-order chi connectivity index (χ1) is 14.8. The Morgan fingerprint density at radius 2 is 1.57 bits per heavy atom. The second-order valence-corrected chi connectivity index (χ2v) is 7.79. The zero-order valence-corrected chi connectivity index (χ0v) is 17.3. The summed E-state index contributed by atoms with van der Waals surface area (Å²) in [6.45, 7) is 2.12. The van der Waals surface area contributed by atoms with Crippen molar-refractivity contribution in [1.29, 1.82) is 0 Å². The monoisotopic (exact) mass is 400 g/mol. The number of nitrogens with zero attached hydrogens (tertiary/aromatic N) is 3. The van der Waals surface area contributed by atoms with Gasteiger partial charge in [0.2, 0.25) is 5.91 Å². The number of hydrogen-bond acceptors (Lipinski definition) is 4. The quantitative estimate of drug-likeness (QED) is 0.626. The molecule has 1 fully saturated rings. The van der Waals surface area contributed by atoms with Crippen LogP contribution >= 0.6 is 0 Å². The minimum atomic E-state index is 0.0215. The molecule has 2 aromatic carbocycles. The van der Waals surface area contributed by atoms with Crippen molar-refractivity contribution in [3.8, 4) is 11.3 Å². The Balaban J connectivity index is 1.33. The summed E-state index contributed by atoms with van der Waals surface area (Å²) in [4.78, 5) is 14.5. The van der Waals surface area contributed by atoms with Gasteiger partial charge in [0.25, 0.3) is 0 Å². The number of aryl methyl sites for hydroxylation is 1. The van der Waals surface area contributed by atoms with Gasteiger partial charge < -0.3 is 10.2 Å². The second kappa shape index (κ2) is 10.0. The lowest BCUT2D eigenvalue weighted by Gasteiger charge is -2.20. The van der Waals surface area contributed by atoms with Gasteiger partial charge in [-0.2, -0.15) is 0 Å². The smallest absolute Gasteiger partial charge is 0.224 e. The third kappa shape index (κ3) is 5.44. The number of rotatable bonds is 6. The number of anilines is 2. The van der Waals surface area contributed by atoms with Crippen LogP contribution in [0.25, 0.3) is 11.3 Å². The van der Waals surface area contributed by atoms with Crippen molar-refractivity contribution in [3.05, 3.63) is 72.3 Å². The number of hydrogen-bond donors (Lipinski definition) is 1. The van der Waals surface area contributed by atoms with E-state index in [-0.39, 0.29) is 5.91 Å². The van der Waals surface area contributed by atoms with E-state index in [4.69, 9.17) is 0 Å². The first kappa shape index (κ1) is 20.1. The van der Waals surface area contributed by atoms with Crippen LogP contribution in [0.3, 0.4) is 0 Å². The highest BCUT2D eigenvalue weighted by molar-refractivity contribution is 5.91. The summed E-state index contributed by atoms with van der Waals surface area (Å²) >= 11 is 0. The predicted molar refractivity (Wildman–Crippen MR) is 122 cm³/mol. The van der Waals surface area contributed by atoms with Crippen LogP contribution in [-0.4, -0.2) is 29.2 Å². The van der Waals surface area contributed by atoms with E-state index < -0.39 is 0 Å². The largest absolute Gasteiger partial charge is 0.355 e. The molecule has 1 amide bonds. The average molecular weight is 401 g/mol. The fourth-order valence-electron chi connectivity index (χ4n) is 3.80. The Hall–Kier alpha value is -3.21. The van der Waals surface area contributed by atoms with Crippen molar-refractivity contribution in [1.82, 2.24) is 10.2 Å². The third-order valence-corrected chi connectivity index (χ3v) is 5.53. The Labute approximate surface area is 178 Å². The molecule has 154 valence electrons. The topological polar surface area (TPSA) is 58.1 Å². The maximum Gasteiger partial charge on any atom is 0.224 e. The molecule has 0 atom stereocenters. The first-order valence-corrected chi connectivity index (χ1v) is 10.8. The summed E-state index contributed by atoms with van der Waals surface area (Å²) in [7, 11) is 0. The van der Waals surface area contributed by atoms with Crippen LogP contribution in [0.4, 0.5) is 11.5 Å². The number of amides is 1. The van der Waals surface area contributed by atoms with Gasteiger partial charge in [-0.15, -0.1) is 10.2 Å². The van der Waals surface area contributed by atoms with Crippen molar-refractivity contribution in [3.63, 3.8) is 0 Å². The van der Waals surface area contributed by atoms with Crippen LogP contribution < -0.4 is 10.2 Å². The highest BCUT2D eigenvalue weighted by Crippen LogP contribution is 2.22. The van der Waals surface area contributed by atoms with Crippen LogP contribution in [0.1, 0.15) is 37.7 Å². The Morgan fingerprint density at radius 3 is 2.23 bits per heavy atom. The lowest BCUT2D eigenvalue weighted by molar-refractivity contribution is -0.116. The number of benzene rings is 2. The fraction of sp³-hybridized carbons (Fsp3) is 0.320. The van der Waals surface area contributed by atoms with E-state index in [2.05, 4.69) is 26.5 Å². The zero-order valence-electron chi connectivity index (χ0n) is 17.3. The van der Waals surface area contributed by atoms with Crippen LogP contribution in [0.15, 0.2) is 66.7 Å². The summed E-state index contributed by atoms with van der Waals surface area (Å²) in [5, 5.41) is 11.8. The highest BCUT2D eigenvalue weighted by Gasteiger charge is 2.12. The van der Waals surface area contributed by atoms with E-state index in [1.54, 1.807) is 0 Å². The van der Waals surface area contributed by atoms with Gasteiger partial charge in [0, 0.05) is 30.8 Å². The van der Waals surface area contributed by atoms with E-state index in [0.717, 1.165) is 42.3 Å². The van der Waals surface area contributed by atoms with Gasteiger partial charge in [0.15, 0.2) is 5.82 Å². The molecule has 1 saturated heterocycles. The summed E-state index contributed by atoms with van der Waals surface area (Å²) < 4.78 is 0. The maximum atomic E-state index is 12.2. The van der Waals surface area contributed by atoms with E-state index in [1.165, 1.54) is 31.2 Å². The number of carbonyl (C=O) groups excluding carboxylic acids is 1. The normalized spacial score (nSPS) is 14.2. The molecule has 2 heterocycles. The fourth-order valence-corrected chi connectivity index (χ4v) is 3.80. The van der Waals surface area contributed by atoms with Gasteiger partial charge >= 0.3 is 0 Å². The first-order valence-electron chi connectivity index (χ1n) is 10.8. The molecule has 4 rings (SSSR count). The molecule has 3 aromatic rings. The summed E-state index contributed by atoms with van der Waals surface area (Å²) in [6, 6.07) is 21.9. The molecule has 0 bridgehead atoms. The van der Waals surface area contributed by atoms with Crippen molar-refractivity contribution in [2.24, 2.45) is 0 Å². The molecule has 0 saturated carbocycles. The number of aromatic nitrogens is 2.